The van der Waals surface area contributed by atoms with Crippen molar-refractivity contribution in [3.8, 4) is 11.4 Å². The van der Waals surface area contributed by atoms with Crippen molar-refractivity contribution in [2.24, 2.45) is 0 Å². The molecule has 0 unspecified atom stereocenters. The van der Waals surface area contributed by atoms with Gasteiger partial charge in [-0.1, -0.05) is 12.1 Å². The fourth-order valence-electron chi connectivity index (χ4n) is 2.01. The predicted molar refractivity (Wildman–Crippen MR) is 89.3 cm³/mol. The lowest BCUT2D eigenvalue weighted by Crippen LogP contribution is -2.21. The number of thiazole rings is 1. The molecule has 23 heavy (non-hydrogen) atoms. The Morgan fingerprint density at radius 1 is 1.17 bits per heavy atom. The summed E-state index contributed by atoms with van der Waals surface area (Å²) in [4.78, 5) is 32.1. The molecule has 116 valence electrons. The van der Waals surface area contributed by atoms with E-state index in [1.165, 1.54) is 22.0 Å². The normalized spacial score (nSPS) is 10.4. The Morgan fingerprint density at radius 3 is 2.83 bits per heavy atom. The fraction of sp³-hybridized carbons (Fsp3) is 0.125. The van der Waals surface area contributed by atoms with Crippen LogP contribution in [-0.2, 0) is 11.3 Å². The van der Waals surface area contributed by atoms with Crippen molar-refractivity contribution >= 4 is 22.4 Å². The van der Waals surface area contributed by atoms with Crippen LogP contribution in [-0.4, -0.2) is 20.4 Å². The van der Waals surface area contributed by atoms with Gasteiger partial charge in [0.05, 0.1) is 5.69 Å². The van der Waals surface area contributed by atoms with Gasteiger partial charge in [0.1, 0.15) is 5.69 Å². The zero-order valence-electron chi connectivity index (χ0n) is 12.2. The molecule has 3 aromatic heterocycles. The Kier molecular flexibility index (Phi) is 4.58. The molecule has 0 saturated heterocycles. The SMILES string of the molecule is O=C(CCn1ccccc1=O)Nc1nc(-c2ccccn2)cs1. The van der Waals surface area contributed by atoms with Crippen molar-refractivity contribution in [3.63, 3.8) is 0 Å². The number of nitrogens with zero attached hydrogens (tertiary/aromatic N) is 3. The van der Waals surface area contributed by atoms with Crippen LogP contribution in [0.25, 0.3) is 11.4 Å². The molecule has 0 fully saturated rings. The van der Waals surface area contributed by atoms with E-state index in [9.17, 15) is 9.59 Å². The number of pyridine rings is 2. The van der Waals surface area contributed by atoms with E-state index in [0.717, 1.165) is 11.4 Å². The third-order valence-corrected chi connectivity index (χ3v) is 3.91. The number of nitrogens with one attached hydrogen (secondary N) is 1. The van der Waals surface area contributed by atoms with E-state index in [4.69, 9.17) is 0 Å². The van der Waals surface area contributed by atoms with E-state index in [0.29, 0.717) is 11.7 Å². The number of aryl methyl sites for hydroxylation is 1. The van der Waals surface area contributed by atoms with Gasteiger partial charge >= 0.3 is 0 Å². The van der Waals surface area contributed by atoms with Crippen molar-refractivity contribution in [3.05, 3.63) is 64.5 Å². The Bertz CT molecular complexity index is 858. The second-order valence-corrected chi connectivity index (χ2v) is 5.64. The standard InChI is InChI=1S/C16H14N4O2S/c21-14(7-10-20-9-4-2-6-15(20)22)19-16-18-13(11-23-16)12-5-1-3-8-17-12/h1-6,8-9,11H,7,10H2,(H,18,19,21). The molecule has 6 nitrogen and oxygen atoms in total. The molecule has 0 atom stereocenters. The average Bonchev–Trinajstić information content (AvgIpc) is 3.03. The molecule has 0 aromatic carbocycles. The molecule has 0 spiro atoms. The summed E-state index contributed by atoms with van der Waals surface area (Å²) >= 11 is 1.35. The zero-order valence-corrected chi connectivity index (χ0v) is 13.0. The topological polar surface area (TPSA) is 76.9 Å². The van der Waals surface area contributed by atoms with Crippen LogP contribution in [0.3, 0.4) is 0 Å². The Hall–Kier alpha value is -2.80. The van der Waals surface area contributed by atoms with Crippen LogP contribution in [0.1, 0.15) is 6.42 Å². The van der Waals surface area contributed by atoms with Crippen LogP contribution in [0.4, 0.5) is 5.13 Å². The van der Waals surface area contributed by atoms with Gasteiger partial charge in [0.2, 0.25) is 5.91 Å². The van der Waals surface area contributed by atoms with E-state index < -0.39 is 0 Å². The Labute approximate surface area is 136 Å². The highest BCUT2D eigenvalue weighted by molar-refractivity contribution is 7.14. The lowest BCUT2D eigenvalue weighted by atomic mass is 10.3. The van der Waals surface area contributed by atoms with Gasteiger partial charge in [-0.05, 0) is 18.2 Å². The largest absolute Gasteiger partial charge is 0.315 e. The molecule has 0 aliphatic carbocycles. The van der Waals surface area contributed by atoms with Gasteiger partial charge in [0, 0.05) is 36.8 Å². The van der Waals surface area contributed by atoms with Gasteiger partial charge in [-0.3, -0.25) is 14.6 Å². The van der Waals surface area contributed by atoms with Crippen molar-refractivity contribution in [1.29, 1.82) is 0 Å². The van der Waals surface area contributed by atoms with E-state index in [1.54, 1.807) is 24.5 Å². The summed E-state index contributed by atoms with van der Waals surface area (Å²) in [7, 11) is 0. The monoisotopic (exact) mass is 326 g/mol. The molecule has 0 bridgehead atoms. The second-order valence-electron chi connectivity index (χ2n) is 4.78. The maximum absolute atomic E-state index is 12.0. The number of aromatic nitrogens is 3. The zero-order chi connectivity index (χ0) is 16.1. The quantitative estimate of drug-likeness (QED) is 0.781. The van der Waals surface area contributed by atoms with E-state index in [1.807, 2.05) is 23.6 Å². The third kappa shape index (κ3) is 3.89. The van der Waals surface area contributed by atoms with Crippen molar-refractivity contribution in [1.82, 2.24) is 14.5 Å². The molecule has 1 N–H and O–H groups in total. The first-order valence-electron chi connectivity index (χ1n) is 7.04. The molecule has 0 aliphatic heterocycles. The van der Waals surface area contributed by atoms with Gasteiger partial charge in [0.25, 0.3) is 5.56 Å². The van der Waals surface area contributed by atoms with Crippen LogP contribution in [0.2, 0.25) is 0 Å². The number of hydrogen-bond donors (Lipinski definition) is 1. The summed E-state index contributed by atoms with van der Waals surface area (Å²) in [6, 6.07) is 10.5. The van der Waals surface area contributed by atoms with Gasteiger partial charge in [-0.2, -0.15) is 0 Å². The maximum Gasteiger partial charge on any atom is 0.250 e. The molecular weight excluding hydrogens is 312 g/mol. The number of carbonyl (C=O) groups excluding carboxylic acids is 1. The fourth-order valence-corrected chi connectivity index (χ4v) is 2.73. The maximum atomic E-state index is 12.0. The average molecular weight is 326 g/mol. The van der Waals surface area contributed by atoms with Crippen LogP contribution in [0, 0.1) is 0 Å². The third-order valence-electron chi connectivity index (χ3n) is 3.16. The molecule has 0 saturated carbocycles. The lowest BCUT2D eigenvalue weighted by Gasteiger charge is -2.04. The number of hydrogen-bond acceptors (Lipinski definition) is 5. The highest BCUT2D eigenvalue weighted by atomic mass is 32.1. The van der Waals surface area contributed by atoms with E-state index in [-0.39, 0.29) is 17.9 Å². The van der Waals surface area contributed by atoms with Gasteiger partial charge < -0.3 is 9.88 Å². The summed E-state index contributed by atoms with van der Waals surface area (Å²) in [6.07, 6.45) is 3.57. The second kappa shape index (κ2) is 6.97. The highest BCUT2D eigenvalue weighted by Gasteiger charge is 2.09. The molecule has 1 amide bonds. The lowest BCUT2D eigenvalue weighted by molar-refractivity contribution is -0.116. The van der Waals surface area contributed by atoms with Crippen LogP contribution < -0.4 is 10.9 Å². The van der Waals surface area contributed by atoms with Crippen molar-refractivity contribution < 1.29 is 4.79 Å². The number of anilines is 1. The minimum atomic E-state index is -0.178. The molecule has 0 aliphatic rings. The molecule has 3 heterocycles. The smallest absolute Gasteiger partial charge is 0.250 e. The summed E-state index contributed by atoms with van der Waals surface area (Å²) in [6.45, 7) is 0.337. The van der Waals surface area contributed by atoms with Crippen LogP contribution >= 0.6 is 11.3 Å². The van der Waals surface area contributed by atoms with E-state index in [2.05, 4.69) is 15.3 Å². The molecule has 7 heteroatoms. The first-order valence-corrected chi connectivity index (χ1v) is 7.92. The van der Waals surface area contributed by atoms with Gasteiger partial charge in [-0.15, -0.1) is 11.3 Å². The molecule has 3 aromatic rings. The minimum Gasteiger partial charge on any atom is -0.315 e. The first kappa shape index (κ1) is 15.1. The molecule has 0 radical (unpaired) electrons. The number of amides is 1. The number of carbonyl (C=O) groups is 1. The van der Waals surface area contributed by atoms with Gasteiger partial charge in [-0.25, -0.2) is 4.98 Å². The highest BCUT2D eigenvalue weighted by Crippen LogP contribution is 2.23. The summed E-state index contributed by atoms with van der Waals surface area (Å²) in [5.74, 6) is -0.178. The predicted octanol–water partition coefficient (Wildman–Crippen LogP) is 2.40. The summed E-state index contributed by atoms with van der Waals surface area (Å²) < 4.78 is 1.50. The van der Waals surface area contributed by atoms with Crippen molar-refractivity contribution in [2.45, 2.75) is 13.0 Å². The molecular formula is C16H14N4O2S. The Morgan fingerprint density at radius 2 is 2.04 bits per heavy atom. The Balaban J connectivity index is 1.59. The van der Waals surface area contributed by atoms with Crippen molar-refractivity contribution in [2.75, 3.05) is 5.32 Å². The number of rotatable bonds is 5. The van der Waals surface area contributed by atoms with E-state index >= 15 is 0 Å². The van der Waals surface area contributed by atoms with Crippen LogP contribution in [0.15, 0.2) is 59.0 Å². The van der Waals surface area contributed by atoms with Crippen LogP contribution in [0.5, 0.6) is 0 Å². The minimum absolute atomic E-state index is 0.119. The summed E-state index contributed by atoms with van der Waals surface area (Å²) in [5.41, 5.74) is 1.37. The summed E-state index contributed by atoms with van der Waals surface area (Å²) in [5, 5.41) is 5.12. The van der Waals surface area contributed by atoms with Gasteiger partial charge in [0.15, 0.2) is 5.13 Å². The molecule has 3 rings (SSSR count). The first-order chi connectivity index (χ1) is 11.2.